The number of hydrogen-bond acceptors (Lipinski definition) is 9. The molecule has 0 atom stereocenters. The van der Waals surface area contributed by atoms with Crippen LogP contribution in [0.25, 0.3) is 0 Å². The summed E-state index contributed by atoms with van der Waals surface area (Å²) in [6.45, 7) is 3.69. The Morgan fingerprint density at radius 1 is 1.18 bits per heavy atom. The molecule has 3 aliphatic heterocycles. The summed E-state index contributed by atoms with van der Waals surface area (Å²) in [6.07, 6.45) is 3.42. The van der Waals surface area contributed by atoms with Crippen molar-refractivity contribution >= 4 is 23.3 Å². The number of amides is 2. The number of aromatic nitrogens is 2. The Labute approximate surface area is 196 Å². The van der Waals surface area contributed by atoms with Crippen LogP contribution in [-0.2, 0) is 16.1 Å². The molecule has 176 valence electrons. The van der Waals surface area contributed by atoms with Crippen LogP contribution in [0, 0.1) is 11.3 Å². The van der Waals surface area contributed by atoms with Gasteiger partial charge >= 0.3 is 0 Å². The zero-order valence-electron chi connectivity index (χ0n) is 18.6. The molecule has 0 aliphatic carbocycles. The fourth-order valence-corrected chi connectivity index (χ4v) is 4.35. The van der Waals surface area contributed by atoms with E-state index in [1.165, 1.54) is 6.20 Å². The Balaban J connectivity index is 1.10. The number of piperidine rings is 1. The summed E-state index contributed by atoms with van der Waals surface area (Å²) < 4.78 is 10.8. The molecule has 1 fully saturated rings. The van der Waals surface area contributed by atoms with Gasteiger partial charge in [-0.25, -0.2) is 9.97 Å². The summed E-state index contributed by atoms with van der Waals surface area (Å²) in [5.41, 5.74) is 1.81. The Morgan fingerprint density at radius 3 is 2.85 bits per heavy atom. The second kappa shape index (κ2) is 9.62. The van der Waals surface area contributed by atoms with E-state index in [9.17, 15) is 9.59 Å². The number of nitriles is 1. The number of rotatable bonds is 6. The normalized spacial score (nSPS) is 18.3. The van der Waals surface area contributed by atoms with E-state index in [-0.39, 0.29) is 25.0 Å². The van der Waals surface area contributed by atoms with Gasteiger partial charge in [-0.1, -0.05) is 0 Å². The van der Waals surface area contributed by atoms with Crippen LogP contribution in [0.3, 0.4) is 0 Å². The molecule has 11 heteroatoms. The van der Waals surface area contributed by atoms with Gasteiger partial charge in [0.25, 0.3) is 11.8 Å². The van der Waals surface area contributed by atoms with Crippen LogP contribution in [0.1, 0.15) is 24.1 Å². The summed E-state index contributed by atoms with van der Waals surface area (Å²) in [7, 11) is 0. The highest BCUT2D eigenvalue weighted by Gasteiger charge is 2.28. The summed E-state index contributed by atoms with van der Waals surface area (Å²) in [5, 5.41) is 15.4. The zero-order chi connectivity index (χ0) is 23.5. The van der Waals surface area contributed by atoms with Gasteiger partial charge in [0.2, 0.25) is 5.88 Å². The predicted octanol–water partition coefficient (Wildman–Crippen LogP) is 0.659. The van der Waals surface area contributed by atoms with E-state index >= 15 is 0 Å². The van der Waals surface area contributed by atoms with E-state index in [0.29, 0.717) is 47.8 Å². The average molecular weight is 463 g/mol. The van der Waals surface area contributed by atoms with Crippen molar-refractivity contribution < 1.29 is 19.1 Å². The molecule has 0 spiro atoms. The molecule has 0 unspecified atom stereocenters. The number of anilines is 2. The SMILES string of the molecule is N#Cc1cnc2c(c1)N(CCN1CCC(NCc3ccc4c(n3)NC(=O)CO4)CC1)C(=O)CO2. The van der Waals surface area contributed by atoms with Crippen LogP contribution < -0.4 is 25.0 Å². The largest absolute Gasteiger partial charge is 0.480 e. The second-order valence-electron chi connectivity index (χ2n) is 8.48. The van der Waals surface area contributed by atoms with Gasteiger partial charge < -0.3 is 29.9 Å². The van der Waals surface area contributed by atoms with Crippen LogP contribution >= 0.6 is 0 Å². The van der Waals surface area contributed by atoms with Crippen LogP contribution in [0.4, 0.5) is 11.5 Å². The maximum atomic E-state index is 12.4. The molecular formula is C23H25N7O4. The molecule has 0 aromatic carbocycles. The van der Waals surface area contributed by atoms with Crippen LogP contribution in [0.5, 0.6) is 11.6 Å². The van der Waals surface area contributed by atoms with Gasteiger partial charge in [0.15, 0.2) is 24.8 Å². The molecule has 34 heavy (non-hydrogen) atoms. The lowest BCUT2D eigenvalue weighted by Crippen LogP contribution is -2.47. The zero-order valence-corrected chi connectivity index (χ0v) is 18.6. The molecule has 2 amide bonds. The fraction of sp³-hybridized carbons (Fsp3) is 0.435. The van der Waals surface area contributed by atoms with Crippen molar-refractivity contribution in [2.75, 3.05) is 49.6 Å². The number of nitrogens with one attached hydrogen (secondary N) is 2. The topological polar surface area (TPSA) is 133 Å². The molecule has 2 aromatic heterocycles. The molecular weight excluding hydrogens is 438 g/mol. The predicted molar refractivity (Wildman–Crippen MR) is 121 cm³/mol. The van der Waals surface area contributed by atoms with E-state index in [4.69, 9.17) is 14.7 Å². The number of pyridine rings is 2. The third kappa shape index (κ3) is 4.78. The molecule has 5 rings (SSSR count). The van der Waals surface area contributed by atoms with Gasteiger partial charge in [-0.05, 0) is 44.1 Å². The molecule has 0 saturated carbocycles. The van der Waals surface area contributed by atoms with E-state index in [0.717, 1.165) is 38.2 Å². The minimum atomic E-state index is -0.193. The third-order valence-corrected chi connectivity index (χ3v) is 6.22. The van der Waals surface area contributed by atoms with E-state index < -0.39 is 0 Å². The van der Waals surface area contributed by atoms with Gasteiger partial charge in [0.1, 0.15) is 11.8 Å². The lowest BCUT2D eigenvalue weighted by atomic mass is 10.0. The second-order valence-corrected chi connectivity index (χ2v) is 8.48. The average Bonchev–Trinajstić information content (AvgIpc) is 2.87. The highest BCUT2D eigenvalue weighted by molar-refractivity contribution is 5.97. The first-order chi connectivity index (χ1) is 16.6. The Morgan fingerprint density at radius 2 is 2.03 bits per heavy atom. The van der Waals surface area contributed by atoms with Crippen molar-refractivity contribution in [3.8, 4) is 17.7 Å². The molecule has 2 N–H and O–H groups in total. The third-order valence-electron chi connectivity index (χ3n) is 6.22. The number of likely N-dealkylation sites (tertiary alicyclic amines) is 1. The molecule has 11 nitrogen and oxygen atoms in total. The number of carbonyl (C=O) groups is 2. The summed E-state index contributed by atoms with van der Waals surface area (Å²) in [5.74, 6) is 1.14. The van der Waals surface area contributed by atoms with Gasteiger partial charge in [-0.3, -0.25) is 9.59 Å². The van der Waals surface area contributed by atoms with Crippen molar-refractivity contribution in [3.05, 3.63) is 35.7 Å². The lowest BCUT2D eigenvalue weighted by Gasteiger charge is -2.35. The maximum Gasteiger partial charge on any atom is 0.265 e. The van der Waals surface area contributed by atoms with Gasteiger partial charge in [-0.2, -0.15) is 5.26 Å². The van der Waals surface area contributed by atoms with Crippen LogP contribution in [0.2, 0.25) is 0 Å². The van der Waals surface area contributed by atoms with Crippen LogP contribution in [-0.4, -0.2) is 72.1 Å². The lowest BCUT2D eigenvalue weighted by molar-refractivity contribution is -0.121. The highest BCUT2D eigenvalue weighted by atomic mass is 16.5. The Kier molecular flexibility index (Phi) is 6.24. The maximum absolute atomic E-state index is 12.4. The first kappa shape index (κ1) is 22.1. The minimum absolute atomic E-state index is 0.0227. The van der Waals surface area contributed by atoms with E-state index in [1.54, 1.807) is 11.0 Å². The molecule has 5 heterocycles. The van der Waals surface area contributed by atoms with Crippen molar-refractivity contribution in [2.24, 2.45) is 0 Å². The van der Waals surface area contributed by atoms with Crippen molar-refractivity contribution in [1.82, 2.24) is 20.2 Å². The highest BCUT2D eigenvalue weighted by Crippen LogP contribution is 2.30. The van der Waals surface area contributed by atoms with E-state index in [1.807, 2.05) is 12.1 Å². The van der Waals surface area contributed by atoms with Crippen molar-refractivity contribution in [2.45, 2.75) is 25.4 Å². The summed E-state index contributed by atoms with van der Waals surface area (Å²) >= 11 is 0. The minimum Gasteiger partial charge on any atom is -0.480 e. The number of carbonyl (C=O) groups excluding carboxylic acids is 2. The fourth-order valence-electron chi connectivity index (χ4n) is 4.35. The summed E-state index contributed by atoms with van der Waals surface area (Å²) in [6, 6.07) is 7.82. The van der Waals surface area contributed by atoms with Gasteiger partial charge in [-0.15, -0.1) is 0 Å². The number of ether oxygens (including phenoxy) is 2. The monoisotopic (exact) mass is 463 g/mol. The smallest absolute Gasteiger partial charge is 0.265 e. The molecule has 3 aliphatic rings. The first-order valence-electron chi connectivity index (χ1n) is 11.3. The number of hydrogen-bond donors (Lipinski definition) is 2. The molecule has 2 aromatic rings. The number of fused-ring (bicyclic) bond motifs is 2. The molecule has 0 radical (unpaired) electrons. The number of nitrogens with zero attached hydrogens (tertiary/aromatic N) is 5. The van der Waals surface area contributed by atoms with Crippen molar-refractivity contribution in [3.63, 3.8) is 0 Å². The molecule has 0 bridgehead atoms. The van der Waals surface area contributed by atoms with Crippen LogP contribution in [0.15, 0.2) is 24.4 Å². The first-order valence-corrected chi connectivity index (χ1v) is 11.3. The molecule has 1 saturated heterocycles. The standard InChI is InChI=1S/C23H25N7O4/c24-10-15-9-18-23(26-11-15)34-14-21(32)30(18)8-7-29-5-3-16(4-6-29)25-12-17-1-2-19-22(27-17)28-20(31)13-33-19/h1-2,9,11,16,25H,3-8,12-14H2,(H,27,28,31). The van der Waals surface area contributed by atoms with Crippen molar-refractivity contribution in [1.29, 1.82) is 5.26 Å². The Hall–Kier alpha value is -3.75. The van der Waals surface area contributed by atoms with Gasteiger partial charge in [0.05, 0.1) is 11.3 Å². The quantitative estimate of drug-likeness (QED) is 0.634. The Bertz CT molecular complexity index is 1140. The van der Waals surface area contributed by atoms with Gasteiger partial charge in [0, 0.05) is 31.9 Å². The van der Waals surface area contributed by atoms with E-state index in [2.05, 4.69) is 31.6 Å². The summed E-state index contributed by atoms with van der Waals surface area (Å²) in [4.78, 5) is 36.6.